The lowest BCUT2D eigenvalue weighted by Crippen LogP contribution is -2.38. The van der Waals surface area contributed by atoms with E-state index in [2.05, 4.69) is 46.1 Å². The van der Waals surface area contributed by atoms with Gasteiger partial charge in [0.2, 0.25) is 0 Å². The number of pyridine rings is 1. The van der Waals surface area contributed by atoms with Gasteiger partial charge in [-0.1, -0.05) is 31.5 Å². The minimum atomic E-state index is -0.163. The van der Waals surface area contributed by atoms with Crippen LogP contribution in [-0.2, 0) is 0 Å². The third kappa shape index (κ3) is 3.97. The highest BCUT2D eigenvalue weighted by Crippen LogP contribution is 2.43. The summed E-state index contributed by atoms with van der Waals surface area (Å²) < 4.78 is 5.83. The molecule has 5 rings (SSSR count). The maximum absolute atomic E-state index is 6.84. The molecular weight excluding hydrogens is 440 g/mol. The van der Waals surface area contributed by atoms with Crippen LogP contribution in [-0.4, -0.2) is 23.2 Å². The molecule has 0 spiro atoms. The van der Waals surface area contributed by atoms with Gasteiger partial charge in [0.05, 0.1) is 28.7 Å². The molecule has 4 atom stereocenters. The minimum Gasteiger partial charge on any atom is -0.467 e. The van der Waals surface area contributed by atoms with Gasteiger partial charge in [0.1, 0.15) is 11.8 Å². The molecule has 2 saturated heterocycles. The summed E-state index contributed by atoms with van der Waals surface area (Å²) in [5.74, 6) is 2.14. The summed E-state index contributed by atoms with van der Waals surface area (Å²) in [5, 5.41) is 4.82. The van der Waals surface area contributed by atoms with Crippen LogP contribution in [0.1, 0.15) is 43.8 Å². The normalized spacial score (nSPS) is 25.8. The molecule has 5 nitrogen and oxygen atoms in total. The maximum atomic E-state index is 6.84. The number of anilines is 2. The first-order valence-electron chi connectivity index (χ1n) is 11.1. The van der Waals surface area contributed by atoms with Crippen molar-refractivity contribution in [2.75, 3.05) is 22.9 Å². The number of benzene rings is 1. The lowest BCUT2D eigenvalue weighted by molar-refractivity contribution is 0.357. The average molecular weight is 467 g/mol. The van der Waals surface area contributed by atoms with E-state index in [-0.39, 0.29) is 12.1 Å². The van der Waals surface area contributed by atoms with E-state index < -0.39 is 0 Å². The molecule has 3 aromatic rings. The third-order valence-electron chi connectivity index (χ3n) is 6.35. The van der Waals surface area contributed by atoms with Gasteiger partial charge in [0, 0.05) is 25.0 Å². The lowest BCUT2D eigenvalue weighted by Gasteiger charge is -2.37. The van der Waals surface area contributed by atoms with Crippen LogP contribution in [0.2, 0.25) is 5.02 Å². The SMILES string of the molecule is C[C@@H]1C[C@H](C)CN(c2ccc(N3C(=S)N[C@H](c4ccccn4)[C@H]3c3ccco3)cc2Cl)C1. The van der Waals surface area contributed by atoms with Gasteiger partial charge in [-0.2, -0.15) is 0 Å². The zero-order valence-electron chi connectivity index (χ0n) is 18.2. The van der Waals surface area contributed by atoms with Crippen LogP contribution < -0.4 is 15.1 Å². The summed E-state index contributed by atoms with van der Waals surface area (Å²) >= 11 is 12.6. The van der Waals surface area contributed by atoms with E-state index in [0.29, 0.717) is 16.9 Å². The van der Waals surface area contributed by atoms with E-state index in [1.165, 1.54) is 6.42 Å². The number of rotatable bonds is 4. The Labute approximate surface area is 199 Å². The van der Waals surface area contributed by atoms with Crippen LogP contribution in [0.5, 0.6) is 0 Å². The predicted molar refractivity (Wildman–Crippen MR) is 133 cm³/mol. The third-order valence-corrected chi connectivity index (χ3v) is 6.97. The molecule has 0 amide bonds. The van der Waals surface area contributed by atoms with Crippen molar-refractivity contribution >= 4 is 40.3 Å². The first-order valence-corrected chi connectivity index (χ1v) is 11.9. The minimum absolute atomic E-state index is 0.128. The fourth-order valence-corrected chi connectivity index (χ4v) is 5.78. The molecule has 0 aliphatic carbocycles. The molecule has 0 radical (unpaired) electrons. The first kappa shape index (κ1) is 21.3. The molecule has 1 aromatic carbocycles. The summed E-state index contributed by atoms with van der Waals surface area (Å²) in [7, 11) is 0. The van der Waals surface area contributed by atoms with E-state index in [9.17, 15) is 0 Å². The van der Waals surface area contributed by atoms with E-state index in [4.69, 9.17) is 28.2 Å². The van der Waals surface area contributed by atoms with Crippen molar-refractivity contribution in [3.8, 4) is 0 Å². The number of furan rings is 1. The molecule has 32 heavy (non-hydrogen) atoms. The van der Waals surface area contributed by atoms with Crippen LogP contribution in [0.15, 0.2) is 65.4 Å². The van der Waals surface area contributed by atoms with E-state index in [0.717, 1.165) is 40.9 Å². The Kier molecular flexibility index (Phi) is 5.82. The summed E-state index contributed by atoms with van der Waals surface area (Å²) in [6.45, 7) is 6.68. The standard InChI is InChI=1S/C25H27ClN4OS/c1-16-12-17(2)15-29(14-16)21-9-8-18(13-19(21)26)30-24(22-7-5-11-31-22)23(28-25(30)32)20-6-3-4-10-27-20/h3-11,13,16-17,23-24H,12,14-15H2,1-2H3,(H,28,32)/t16-,17+,23-,24-/m1/s1. The smallest absolute Gasteiger partial charge is 0.174 e. The molecule has 166 valence electrons. The molecule has 0 unspecified atom stereocenters. The Hall–Kier alpha value is -2.57. The number of aromatic nitrogens is 1. The van der Waals surface area contributed by atoms with Crippen LogP contribution in [0, 0.1) is 11.8 Å². The Morgan fingerprint density at radius 2 is 1.91 bits per heavy atom. The largest absolute Gasteiger partial charge is 0.467 e. The molecule has 2 aliphatic heterocycles. The van der Waals surface area contributed by atoms with E-state index in [1.807, 2.05) is 36.4 Å². The number of nitrogens with one attached hydrogen (secondary N) is 1. The van der Waals surface area contributed by atoms with Gasteiger partial charge in [-0.3, -0.25) is 4.98 Å². The Morgan fingerprint density at radius 3 is 2.56 bits per heavy atom. The molecule has 7 heteroatoms. The van der Waals surface area contributed by atoms with Gasteiger partial charge < -0.3 is 19.5 Å². The molecule has 0 bridgehead atoms. The van der Waals surface area contributed by atoms with Gasteiger partial charge in [-0.25, -0.2) is 0 Å². The number of piperidine rings is 1. The van der Waals surface area contributed by atoms with Crippen molar-refractivity contribution in [3.63, 3.8) is 0 Å². The van der Waals surface area contributed by atoms with Crippen LogP contribution >= 0.6 is 23.8 Å². The number of hydrogen-bond donors (Lipinski definition) is 1. The zero-order valence-corrected chi connectivity index (χ0v) is 19.8. The summed E-state index contributed by atoms with van der Waals surface area (Å²) in [6.07, 6.45) is 4.76. The summed E-state index contributed by atoms with van der Waals surface area (Å²) in [6, 6.07) is 15.8. The first-order chi connectivity index (χ1) is 15.5. The van der Waals surface area contributed by atoms with Crippen molar-refractivity contribution in [1.82, 2.24) is 10.3 Å². The Morgan fingerprint density at radius 1 is 1.09 bits per heavy atom. The average Bonchev–Trinajstić information content (AvgIpc) is 3.41. The lowest BCUT2D eigenvalue weighted by atomic mass is 9.91. The number of thiocarbonyl (C=S) groups is 1. The van der Waals surface area contributed by atoms with Crippen molar-refractivity contribution < 1.29 is 4.42 Å². The highest BCUT2D eigenvalue weighted by Gasteiger charge is 2.42. The molecular formula is C25H27ClN4OS. The molecule has 2 aliphatic rings. The quantitative estimate of drug-likeness (QED) is 0.476. The van der Waals surface area contributed by atoms with Crippen molar-refractivity contribution in [2.45, 2.75) is 32.4 Å². The number of hydrogen-bond acceptors (Lipinski definition) is 4. The van der Waals surface area contributed by atoms with Crippen molar-refractivity contribution in [2.24, 2.45) is 11.8 Å². The van der Waals surface area contributed by atoms with Gasteiger partial charge in [-0.15, -0.1) is 0 Å². The summed E-state index contributed by atoms with van der Waals surface area (Å²) in [4.78, 5) is 9.06. The molecule has 1 N–H and O–H groups in total. The second kappa shape index (κ2) is 8.75. The van der Waals surface area contributed by atoms with Crippen LogP contribution in [0.25, 0.3) is 0 Å². The molecule has 4 heterocycles. The van der Waals surface area contributed by atoms with Gasteiger partial charge in [0.25, 0.3) is 0 Å². The monoisotopic (exact) mass is 466 g/mol. The maximum Gasteiger partial charge on any atom is 0.174 e. The van der Waals surface area contributed by atoms with Gasteiger partial charge in [-0.05, 0) is 72.9 Å². The van der Waals surface area contributed by atoms with E-state index in [1.54, 1.807) is 12.5 Å². The van der Waals surface area contributed by atoms with Crippen molar-refractivity contribution in [1.29, 1.82) is 0 Å². The topological polar surface area (TPSA) is 44.5 Å². The van der Waals surface area contributed by atoms with Gasteiger partial charge >= 0.3 is 0 Å². The zero-order chi connectivity index (χ0) is 22.2. The molecule has 0 saturated carbocycles. The molecule has 2 fully saturated rings. The highest BCUT2D eigenvalue weighted by molar-refractivity contribution is 7.80. The van der Waals surface area contributed by atoms with Gasteiger partial charge in [0.15, 0.2) is 5.11 Å². The fourth-order valence-electron chi connectivity index (χ4n) is 5.14. The Balaban J connectivity index is 1.50. The number of nitrogens with zero attached hydrogens (tertiary/aromatic N) is 3. The highest BCUT2D eigenvalue weighted by atomic mass is 35.5. The Bertz CT molecular complexity index is 1080. The second-order valence-corrected chi connectivity index (χ2v) is 9.79. The summed E-state index contributed by atoms with van der Waals surface area (Å²) in [5.41, 5.74) is 2.94. The number of halogens is 1. The van der Waals surface area contributed by atoms with Crippen LogP contribution in [0.4, 0.5) is 11.4 Å². The van der Waals surface area contributed by atoms with Crippen LogP contribution in [0.3, 0.4) is 0 Å². The predicted octanol–water partition coefficient (Wildman–Crippen LogP) is 5.99. The van der Waals surface area contributed by atoms with E-state index >= 15 is 0 Å². The fraction of sp³-hybridized carbons (Fsp3) is 0.360. The second-order valence-electron chi connectivity index (χ2n) is 9.00. The van der Waals surface area contributed by atoms with Crippen molar-refractivity contribution in [3.05, 3.63) is 77.5 Å². The molecule has 2 aromatic heterocycles.